The number of carboxylic acids is 1. The maximum atomic E-state index is 12.5. The van der Waals surface area contributed by atoms with Gasteiger partial charge in [-0.2, -0.15) is 0 Å². The SMILES string of the molecule is CC(C(=O)[C@@H](N)CC(=O)OCc1ccccc1)C(NCCC(C)(C)C)C(=O)O. The summed E-state index contributed by atoms with van der Waals surface area (Å²) >= 11 is 0. The van der Waals surface area contributed by atoms with Crippen LogP contribution in [0.3, 0.4) is 0 Å². The van der Waals surface area contributed by atoms with Crippen molar-refractivity contribution < 1.29 is 24.2 Å². The van der Waals surface area contributed by atoms with Crippen molar-refractivity contribution in [1.82, 2.24) is 5.32 Å². The number of ether oxygens (including phenoxy) is 1. The van der Waals surface area contributed by atoms with Gasteiger partial charge in [-0.3, -0.25) is 14.4 Å². The van der Waals surface area contributed by atoms with Crippen LogP contribution < -0.4 is 11.1 Å². The molecule has 7 nitrogen and oxygen atoms in total. The van der Waals surface area contributed by atoms with Gasteiger partial charge in [0, 0.05) is 5.92 Å². The van der Waals surface area contributed by atoms with Crippen LogP contribution in [0.25, 0.3) is 0 Å². The van der Waals surface area contributed by atoms with Gasteiger partial charge in [-0.1, -0.05) is 58.0 Å². The molecule has 0 heterocycles. The van der Waals surface area contributed by atoms with Gasteiger partial charge in [0.2, 0.25) is 0 Å². The van der Waals surface area contributed by atoms with E-state index in [2.05, 4.69) is 26.1 Å². The number of esters is 1. The van der Waals surface area contributed by atoms with E-state index >= 15 is 0 Å². The number of carbonyl (C=O) groups excluding carboxylic acids is 2. The Hall–Kier alpha value is -2.25. The first-order valence-electron chi connectivity index (χ1n) is 9.46. The minimum absolute atomic E-state index is 0.0439. The molecule has 1 aromatic rings. The molecule has 0 radical (unpaired) electrons. The third kappa shape index (κ3) is 8.63. The molecule has 1 rings (SSSR count). The molecule has 4 N–H and O–H groups in total. The van der Waals surface area contributed by atoms with Crippen LogP contribution in [0.2, 0.25) is 0 Å². The topological polar surface area (TPSA) is 119 Å². The first-order chi connectivity index (χ1) is 13.0. The highest BCUT2D eigenvalue weighted by Crippen LogP contribution is 2.18. The lowest BCUT2D eigenvalue weighted by Crippen LogP contribution is -2.49. The summed E-state index contributed by atoms with van der Waals surface area (Å²) in [4.78, 5) is 36.0. The Bertz CT molecular complexity index is 655. The number of ketones is 1. The molecule has 0 bridgehead atoms. The monoisotopic (exact) mass is 392 g/mol. The average molecular weight is 392 g/mol. The summed E-state index contributed by atoms with van der Waals surface area (Å²) in [5.74, 6) is -3.06. The summed E-state index contributed by atoms with van der Waals surface area (Å²) in [7, 11) is 0. The summed E-state index contributed by atoms with van der Waals surface area (Å²) in [5, 5.41) is 12.4. The van der Waals surface area contributed by atoms with E-state index in [-0.39, 0.29) is 18.4 Å². The molecule has 28 heavy (non-hydrogen) atoms. The van der Waals surface area contributed by atoms with E-state index in [9.17, 15) is 19.5 Å². The molecule has 3 atom stereocenters. The lowest BCUT2D eigenvalue weighted by Gasteiger charge is -2.25. The number of rotatable bonds is 11. The van der Waals surface area contributed by atoms with E-state index in [1.54, 1.807) is 0 Å². The second kappa shape index (κ2) is 10.9. The number of aliphatic carboxylic acids is 1. The maximum absolute atomic E-state index is 12.5. The number of nitrogens with one attached hydrogen (secondary N) is 1. The smallest absolute Gasteiger partial charge is 0.321 e. The van der Waals surface area contributed by atoms with Crippen LogP contribution >= 0.6 is 0 Å². The summed E-state index contributed by atoms with van der Waals surface area (Å²) in [6.45, 7) is 8.23. The van der Waals surface area contributed by atoms with E-state index in [4.69, 9.17) is 10.5 Å². The molecule has 156 valence electrons. The molecule has 0 fully saturated rings. The first-order valence-corrected chi connectivity index (χ1v) is 9.46. The molecule has 0 aliphatic rings. The number of nitrogens with two attached hydrogens (primary N) is 1. The van der Waals surface area contributed by atoms with E-state index < -0.39 is 35.7 Å². The van der Waals surface area contributed by atoms with Crippen molar-refractivity contribution in [3.8, 4) is 0 Å². The minimum atomic E-state index is -1.12. The molecule has 1 aromatic carbocycles. The Labute approximate surface area is 166 Å². The van der Waals surface area contributed by atoms with Crippen LogP contribution in [0.5, 0.6) is 0 Å². The molecule has 7 heteroatoms. The third-order valence-corrected chi connectivity index (χ3v) is 4.45. The average Bonchev–Trinajstić information content (AvgIpc) is 2.62. The lowest BCUT2D eigenvalue weighted by atomic mass is 9.89. The summed E-state index contributed by atoms with van der Waals surface area (Å²) in [6, 6.07) is 7.00. The predicted molar refractivity (Wildman–Crippen MR) is 106 cm³/mol. The normalized spacial score (nSPS) is 14.8. The number of benzene rings is 1. The van der Waals surface area contributed by atoms with Crippen LogP contribution in [0.15, 0.2) is 30.3 Å². The molecular weight excluding hydrogens is 360 g/mol. The second-order valence-electron chi connectivity index (χ2n) is 8.23. The Kier molecular flexibility index (Phi) is 9.28. The van der Waals surface area contributed by atoms with E-state index in [0.29, 0.717) is 6.54 Å². The van der Waals surface area contributed by atoms with Crippen molar-refractivity contribution in [3.63, 3.8) is 0 Å². The Morgan fingerprint density at radius 3 is 2.32 bits per heavy atom. The van der Waals surface area contributed by atoms with Crippen LogP contribution in [0, 0.1) is 11.3 Å². The fraction of sp³-hybridized carbons (Fsp3) is 0.571. The maximum Gasteiger partial charge on any atom is 0.321 e. The van der Waals surface area contributed by atoms with E-state index in [1.807, 2.05) is 30.3 Å². The van der Waals surface area contributed by atoms with Gasteiger partial charge < -0.3 is 20.9 Å². The van der Waals surface area contributed by atoms with Crippen LogP contribution in [0.1, 0.15) is 46.1 Å². The molecule has 2 unspecified atom stereocenters. The van der Waals surface area contributed by atoms with Gasteiger partial charge in [0.15, 0.2) is 5.78 Å². The largest absolute Gasteiger partial charge is 0.480 e. The van der Waals surface area contributed by atoms with Gasteiger partial charge in [0.05, 0.1) is 12.5 Å². The second-order valence-corrected chi connectivity index (χ2v) is 8.23. The third-order valence-electron chi connectivity index (χ3n) is 4.45. The van der Waals surface area contributed by atoms with Crippen molar-refractivity contribution in [2.45, 2.75) is 59.2 Å². The standard InChI is InChI=1S/C21H32N2O5/c1-14(18(20(26)27)23-11-10-21(2,3)4)19(25)16(22)12-17(24)28-13-15-8-6-5-7-9-15/h5-9,14,16,18,23H,10-13,22H2,1-4H3,(H,26,27)/t14?,16-,18?/m0/s1. The van der Waals surface area contributed by atoms with Crippen LogP contribution in [-0.2, 0) is 25.7 Å². The number of carbonyl (C=O) groups is 3. The zero-order valence-electron chi connectivity index (χ0n) is 17.1. The van der Waals surface area contributed by atoms with Gasteiger partial charge in [0.1, 0.15) is 12.6 Å². The van der Waals surface area contributed by atoms with Crippen molar-refractivity contribution >= 4 is 17.7 Å². The van der Waals surface area contributed by atoms with Crippen molar-refractivity contribution in [2.24, 2.45) is 17.1 Å². The first kappa shape index (κ1) is 23.8. The molecule has 0 amide bonds. The van der Waals surface area contributed by atoms with Crippen LogP contribution in [0.4, 0.5) is 0 Å². The number of Topliss-reactive ketones (excluding diaryl/α,β-unsaturated/α-hetero) is 1. The minimum Gasteiger partial charge on any atom is -0.480 e. The lowest BCUT2D eigenvalue weighted by molar-refractivity contribution is -0.147. The fourth-order valence-corrected chi connectivity index (χ4v) is 2.66. The Morgan fingerprint density at radius 2 is 1.79 bits per heavy atom. The van der Waals surface area contributed by atoms with Crippen LogP contribution in [-0.4, -0.2) is 41.5 Å². The molecule has 0 aliphatic heterocycles. The van der Waals surface area contributed by atoms with Gasteiger partial charge in [-0.15, -0.1) is 0 Å². The van der Waals surface area contributed by atoms with Crippen molar-refractivity contribution in [1.29, 1.82) is 0 Å². The number of carboxylic acid groups (broad SMARTS) is 1. The Morgan fingerprint density at radius 1 is 1.18 bits per heavy atom. The summed E-state index contributed by atoms with van der Waals surface area (Å²) in [5.41, 5.74) is 6.73. The summed E-state index contributed by atoms with van der Waals surface area (Å²) < 4.78 is 5.14. The van der Waals surface area contributed by atoms with E-state index in [1.165, 1.54) is 6.92 Å². The molecule has 0 aromatic heterocycles. The number of hydrogen-bond donors (Lipinski definition) is 3. The predicted octanol–water partition coefficient (Wildman–Crippen LogP) is 2.13. The van der Waals surface area contributed by atoms with Gasteiger partial charge in [0.25, 0.3) is 0 Å². The van der Waals surface area contributed by atoms with Gasteiger partial charge in [-0.05, 0) is 23.9 Å². The highest BCUT2D eigenvalue weighted by Gasteiger charge is 2.33. The van der Waals surface area contributed by atoms with Gasteiger partial charge >= 0.3 is 11.9 Å². The number of hydrogen-bond acceptors (Lipinski definition) is 6. The molecule has 0 saturated heterocycles. The highest BCUT2D eigenvalue weighted by atomic mass is 16.5. The zero-order chi connectivity index (χ0) is 21.3. The van der Waals surface area contributed by atoms with E-state index in [0.717, 1.165) is 12.0 Å². The molecular formula is C21H32N2O5. The Balaban J connectivity index is 2.55. The molecule has 0 spiro atoms. The van der Waals surface area contributed by atoms with Crippen molar-refractivity contribution in [3.05, 3.63) is 35.9 Å². The molecule has 0 saturated carbocycles. The summed E-state index contributed by atoms with van der Waals surface area (Å²) in [6.07, 6.45) is 0.472. The van der Waals surface area contributed by atoms with Gasteiger partial charge in [-0.25, -0.2) is 0 Å². The quantitative estimate of drug-likeness (QED) is 0.494. The highest BCUT2D eigenvalue weighted by molar-refractivity contribution is 5.93. The fourth-order valence-electron chi connectivity index (χ4n) is 2.66. The van der Waals surface area contributed by atoms with Crippen molar-refractivity contribution in [2.75, 3.05) is 6.54 Å². The zero-order valence-corrected chi connectivity index (χ0v) is 17.1. The molecule has 0 aliphatic carbocycles.